The van der Waals surface area contributed by atoms with Gasteiger partial charge in [0.15, 0.2) is 5.15 Å². The van der Waals surface area contributed by atoms with Gasteiger partial charge in [0.2, 0.25) is 5.69 Å². The average molecular weight is 188 g/mol. The van der Waals surface area contributed by atoms with Crippen molar-refractivity contribution in [1.82, 2.24) is 15.2 Å². The standard InChI is InChI=1S/C6H6ClN3O2/c1-2-12-6(11)4-5(7)8-3-9-10-4/h3H,2H2,1H3. The largest absolute Gasteiger partial charge is 0.461 e. The highest BCUT2D eigenvalue weighted by Gasteiger charge is 2.13. The van der Waals surface area contributed by atoms with Gasteiger partial charge in [0, 0.05) is 0 Å². The molecule has 1 rings (SSSR count). The van der Waals surface area contributed by atoms with E-state index < -0.39 is 5.97 Å². The first-order chi connectivity index (χ1) is 5.75. The predicted octanol–water partition coefficient (Wildman–Crippen LogP) is 0.702. The molecule has 0 N–H and O–H groups in total. The summed E-state index contributed by atoms with van der Waals surface area (Å²) < 4.78 is 4.64. The number of aromatic nitrogens is 3. The van der Waals surface area contributed by atoms with E-state index in [4.69, 9.17) is 11.6 Å². The summed E-state index contributed by atoms with van der Waals surface area (Å²) in [5.41, 5.74) is -0.0546. The number of halogens is 1. The molecule has 0 aromatic carbocycles. The summed E-state index contributed by atoms with van der Waals surface area (Å²) in [6.45, 7) is 1.96. The van der Waals surface area contributed by atoms with Crippen molar-refractivity contribution in [2.75, 3.05) is 6.61 Å². The van der Waals surface area contributed by atoms with E-state index in [1.165, 1.54) is 0 Å². The average Bonchev–Trinajstić information content (AvgIpc) is 2.05. The molecule has 0 saturated heterocycles. The van der Waals surface area contributed by atoms with Crippen molar-refractivity contribution in [2.45, 2.75) is 6.92 Å². The molecule has 0 spiro atoms. The quantitative estimate of drug-likeness (QED) is 0.638. The third kappa shape index (κ3) is 1.88. The van der Waals surface area contributed by atoms with Crippen LogP contribution in [-0.2, 0) is 4.74 Å². The second-order valence-corrected chi connectivity index (χ2v) is 2.18. The molecule has 1 aromatic heterocycles. The normalized spacial score (nSPS) is 9.50. The number of hydrogen-bond donors (Lipinski definition) is 0. The van der Waals surface area contributed by atoms with E-state index in [0.717, 1.165) is 6.33 Å². The Kier molecular flexibility index (Phi) is 2.93. The summed E-state index contributed by atoms with van der Waals surface area (Å²) in [6.07, 6.45) is 1.16. The molecular weight excluding hydrogens is 182 g/mol. The Morgan fingerprint density at radius 3 is 3.08 bits per heavy atom. The van der Waals surface area contributed by atoms with Gasteiger partial charge >= 0.3 is 5.97 Å². The Morgan fingerprint density at radius 2 is 2.50 bits per heavy atom. The van der Waals surface area contributed by atoms with Gasteiger partial charge in [-0.2, -0.15) is 0 Å². The lowest BCUT2D eigenvalue weighted by Gasteiger charge is -1.99. The van der Waals surface area contributed by atoms with E-state index in [9.17, 15) is 4.79 Å². The number of nitrogens with zero attached hydrogens (tertiary/aromatic N) is 3. The van der Waals surface area contributed by atoms with Crippen molar-refractivity contribution in [3.8, 4) is 0 Å². The summed E-state index contributed by atoms with van der Waals surface area (Å²) >= 11 is 5.54. The Balaban J connectivity index is 2.87. The van der Waals surface area contributed by atoms with E-state index in [1.54, 1.807) is 6.92 Å². The fraction of sp³-hybridized carbons (Fsp3) is 0.333. The van der Waals surface area contributed by atoms with Crippen LogP contribution in [0.4, 0.5) is 0 Å². The Hall–Kier alpha value is -1.23. The van der Waals surface area contributed by atoms with Crippen molar-refractivity contribution in [3.63, 3.8) is 0 Å². The molecule has 5 nitrogen and oxygen atoms in total. The van der Waals surface area contributed by atoms with Crippen LogP contribution in [0.25, 0.3) is 0 Å². The smallest absolute Gasteiger partial charge is 0.362 e. The predicted molar refractivity (Wildman–Crippen MR) is 40.8 cm³/mol. The molecule has 6 heteroatoms. The van der Waals surface area contributed by atoms with E-state index >= 15 is 0 Å². The van der Waals surface area contributed by atoms with Crippen LogP contribution in [0.3, 0.4) is 0 Å². The molecule has 0 atom stereocenters. The molecule has 0 amide bonds. The molecule has 0 radical (unpaired) electrons. The second-order valence-electron chi connectivity index (χ2n) is 1.82. The summed E-state index contributed by atoms with van der Waals surface area (Å²) in [6, 6.07) is 0. The molecule has 0 fully saturated rings. The fourth-order valence-electron chi connectivity index (χ4n) is 0.587. The van der Waals surface area contributed by atoms with Gasteiger partial charge in [-0.25, -0.2) is 9.78 Å². The van der Waals surface area contributed by atoms with Crippen LogP contribution in [0.15, 0.2) is 6.33 Å². The van der Waals surface area contributed by atoms with Gasteiger partial charge in [0.1, 0.15) is 6.33 Å². The summed E-state index contributed by atoms with van der Waals surface area (Å²) in [5, 5.41) is 6.88. The molecule has 0 aliphatic heterocycles. The molecule has 1 heterocycles. The van der Waals surface area contributed by atoms with Crippen molar-refractivity contribution in [2.24, 2.45) is 0 Å². The zero-order chi connectivity index (χ0) is 8.97. The maximum atomic E-state index is 11.0. The first-order valence-electron chi connectivity index (χ1n) is 3.26. The van der Waals surface area contributed by atoms with Crippen molar-refractivity contribution in [3.05, 3.63) is 17.2 Å². The summed E-state index contributed by atoms with van der Waals surface area (Å²) in [7, 11) is 0. The highest BCUT2D eigenvalue weighted by atomic mass is 35.5. The van der Waals surface area contributed by atoms with Crippen molar-refractivity contribution < 1.29 is 9.53 Å². The van der Waals surface area contributed by atoms with Crippen molar-refractivity contribution >= 4 is 17.6 Å². The monoisotopic (exact) mass is 187 g/mol. The fourth-order valence-corrected chi connectivity index (χ4v) is 0.746. The van der Waals surface area contributed by atoms with Crippen LogP contribution >= 0.6 is 11.6 Å². The number of hydrogen-bond acceptors (Lipinski definition) is 5. The molecule has 64 valence electrons. The van der Waals surface area contributed by atoms with E-state index in [-0.39, 0.29) is 17.5 Å². The molecule has 0 aliphatic rings. The van der Waals surface area contributed by atoms with Gasteiger partial charge < -0.3 is 4.74 Å². The molecule has 1 aromatic rings. The highest BCUT2D eigenvalue weighted by molar-refractivity contribution is 6.31. The first kappa shape index (κ1) is 8.86. The zero-order valence-corrected chi connectivity index (χ0v) is 7.08. The van der Waals surface area contributed by atoms with Crippen LogP contribution in [0.1, 0.15) is 17.4 Å². The van der Waals surface area contributed by atoms with Crippen LogP contribution in [0, 0.1) is 0 Å². The van der Waals surface area contributed by atoms with Crippen LogP contribution in [0.2, 0.25) is 5.15 Å². The molecule has 0 aliphatic carbocycles. The molecule has 0 bridgehead atoms. The van der Waals surface area contributed by atoms with Crippen LogP contribution < -0.4 is 0 Å². The van der Waals surface area contributed by atoms with Crippen LogP contribution in [0.5, 0.6) is 0 Å². The van der Waals surface area contributed by atoms with Gasteiger partial charge in [-0.1, -0.05) is 11.6 Å². The SMILES string of the molecule is CCOC(=O)c1nncnc1Cl. The third-order valence-corrected chi connectivity index (χ3v) is 1.32. The Labute approximate surface area is 73.7 Å². The van der Waals surface area contributed by atoms with Gasteiger partial charge in [-0.15, -0.1) is 10.2 Å². The number of esters is 1. The molecule has 0 saturated carbocycles. The minimum absolute atomic E-state index is 0.00319. The minimum atomic E-state index is -0.608. The Morgan fingerprint density at radius 1 is 1.75 bits per heavy atom. The minimum Gasteiger partial charge on any atom is -0.461 e. The number of carbonyl (C=O) groups is 1. The third-order valence-electron chi connectivity index (χ3n) is 1.04. The Bertz CT molecular complexity index is 292. The maximum Gasteiger partial charge on any atom is 0.362 e. The zero-order valence-electron chi connectivity index (χ0n) is 6.32. The summed E-state index contributed by atoms with van der Waals surface area (Å²) in [4.78, 5) is 14.6. The van der Waals surface area contributed by atoms with Gasteiger partial charge in [0.25, 0.3) is 0 Å². The topological polar surface area (TPSA) is 65.0 Å². The second kappa shape index (κ2) is 3.96. The first-order valence-corrected chi connectivity index (χ1v) is 3.63. The molecule has 12 heavy (non-hydrogen) atoms. The van der Waals surface area contributed by atoms with Gasteiger partial charge in [-0.3, -0.25) is 0 Å². The number of carbonyl (C=O) groups excluding carboxylic acids is 1. The lowest BCUT2D eigenvalue weighted by atomic mass is 10.5. The molecular formula is C6H6ClN3O2. The van der Waals surface area contributed by atoms with E-state index in [2.05, 4.69) is 19.9 Å². The maximum absolute atomic E-state index is 11.0. The van der Waals surface area contributed by atoms with Crippen molar-refractivity contribution in [1.29, 1.82) is 0 Å². The summed E-state index contributed by atoms with van der Waals surface area (Å²) in [5.74, 6) is -0.608. The highest BCUT2D eigenvalue weighted by Crippen LogP contribution is 2.08. The lowest BCUT2D eigenvalue weighted by Crippen LogP contribution is -2.09. The number of ether oxygens (including phenoxy) is 1. The number of rotatable bonds is 2. The lowest BCUT2D eigenvalue weighted by molar-refractivity contribution is 0.0517. The van der Waals surface area contributed by atoms with Crippen LogP contribution in [-0.4, -0.2) is 27.8 Å². The van der Waals surface area contributed by atoms with Gasteiger partial charge in [-0.05, 0) is 6.92 Å². The van der Waals surface area contributed by atoms with Gasteiger partial charge in [0.05, 0.1) is 6.61 Å². The molecule has 0 unspecified atom stereocenters. The van der Waals surface area contributed by atoms with E-state index in [0.29, 0.717) is 0 Å². The van der Waals surface area contributed by atoms with E-state index in [1.807, 2.05) is 0 Å².